The normalized spacial score (nSPS) is 10.6. The van der Waals surface area contributed by atoms with Crippen molar-refractivity contribution in [3.05, 3.63) is 35.7 Å². The lowest BCUT2D eigenvalue weighted by Crippen LogP contribution is -2.09. The number of carboxylic acid groups (broad SMARTS) is 1. The summed E-state index contributed by atoms with van der Waals surface area (Å²) in [6.45, 7) is 2.25. The van der Waals surface area contributed by atoms with Gasteiger partial charge in [-0.15, -0.1) is 0 Å². The van der Waals surface area contributed by atoms with Crippen LogP contribution >= 0.6 is 0 Å². The summed E-state index contributed by atoms with van der Waals surface area (Å²) in [5, 5.41) is 12.5. The molecule has 0 saturated heterocycles. The van der Waals surface area contributed by atoms with Crippen LogP contribution in [0.25, 0.3) is 0 Å². The molecule has 0 fully saturated rings. The van der Waals surface area contributed by atoms with Gasteiger partial charge >= 0.3 is 5.97 Å². The summed E-state index contributed by atoms with van der Waals surface area (Å²) in [5.74, 6) is 0.162. The van der Waals surface area contributed by atoms with Crippen molar-refractivity contribution in [1.29, 1.82) is 0 Å². The Kier molecular flexibility index (Phi) is 2.72. The molecule has 0 aliphatic carbocycles. The minimum atomic E-state index is -0.938. The first kappa shape index (κ1) is 10.4. The number of aromatic carboxylic acids is 1. The Hall–Kier alpha value is -2.11. The molecule has 0 saturated carbocycles. The number of aromatic nitrogens is 3. The fourth-order valence-electron chi connectivity index (χ4n) is 1.46. The standard InChI is InChI=1S/C10H11N3O3/c1-7-11-9(16-12-7)4-6-13-5-2-3-8(13)10(14)15/h2-3,5H,4,6H2,1H3,(H,14,15). The van der Waals surface area contributed by atoms with Crippen molar-refractivity contribution in [2.75, 3.05) is 0 Å². The van der Waals surface area contributed by atoms with Crippen LogP contribution in [0.5, 0.6) is 0 Å². The van der Waals surface area contributed by atoms with Crippen LogP contribution in [0.4, 0.5) is 0 Å². The molecule has 84 valence electrons. The zero-order valence-electron chi connectivity index (χ0n) is 8.75. The summed E-state index contributed by atoms with van der Waals surface area (Å²) in [7, 11) is 0. The van der Waals surface area contributed by atoms with E-state index in [4.69, 9.17) is 9.63 Å². The van der Waals surface area contributed by atoms with Crippen LogP contribution in [-0.2, 0) is 13.0 Å². The third-order valence-corrected chi connectivity index (χ3v) is 2.18. The molecule has 6 nitrogen and oxygen atoms in total. The number of hydrogen-bond donors (Lipinski definition) is 1. The van der Waals surface area contributed by atoms with Crippen molar-refractivity contribution in [1.82, 2.24) is 14.7 Å². The van der Waals surface area contributed by atoms with Crippen LogP contribution in [-0.4, -0.2) is 25.8 Å². The van der Waals surface area contributed by atoms with Gasteiger partial charge in [0.2, 0.25) is 5.89 Å². The van der Waals surface area contributed by atoms with E-state index in [1.165, 1.54) is 0 Å². The molecular formula is C10H11N3O3. The average Bonchev–Trinajstić information content (AvgIpc) is 2.83. The maximum absolute atomic E-state index is 10.8. The highest BCUT2D eigenvalue weighted by atomic mass is 16.5. The van der Waals surface area contributed by atoms with Gasteiger partial charge in [0.05, 0.1) is 0 Å². The molecule has 2 aromatic rings. The van der Waals surface area contributed by atoms with Crippen LogP contribution in [0.15, 0.2) is 22.9 Å². The number of hydrogen-bond acceptors (Lipinski definition) is 4. The van der Waals surface area contributed by atoms with Crippen LogP contribution < -0.4 is 0 Å². The lowest BCUT2D eigenvalue weighted by molar-refractivity contribution is 0.0685. The van der Waals surface area contributed by atoms with E-state index in [1.54, 1.807) is 29.8 Å². The van der Waals surface area contributed by atoms with E-state index in [0.717, 1.165) is 0 Å². The molecule has 0 atom stereocenters. The molecule has 0 radical (unpaired) electrons. The van der Waals surface area contributed by atoms with Crippen molar-refractivity contribution >= 4 is 5.97 Å². The molecule has 2 rings (SSSR count). The van der Waals surface area contributed by atoms with Gasteiger partial charge in [-0.25, -0.2) is 4.79 Å². The largest absolute Gasteiger partial charge is 0.477 e. The fourth-order valence-corrected chi connectivity index (χ4v) is 1.46. The first-order valence-corrected chi connectivity index (χ1v) is 4.84. The SMILES string of the molecule is Cc1noc(CCn2cccc2C(=O)O)n1. The molecule has 0 unspecified atom stereocenters. The Morgan fingerprint density at radius 3 is 3.06 bits per heavy atom. The molecule has 1 N–H and O–H groups in total. The Bertz CT molecular complexity index is 501. The average molecular weight is 221 g/mol. The first-order chi connectivity index (χ1) is 7.66. The summed E-state index contributed by atoms with van der Waals surface area (Å²) >= 11 is 0. The van der Waals surface area contributed by atoms with Crippen LogP contribution in [0, 0.1) is 6.92 Å². The van der Waals surface area contributed by atoms with E-state index < -0.39 is 5.97 Å². The number of nitrogens with zero attached hydrogens (tertiary/aromatic N) is 3. The van der Waals surface area contributed by atoms with Gasteiger partial charge in [0, 0.05) is 19.2 Å². The highest BCUT2D eigenvalue weighted by Crippen LogP contribution is 2.05. The van der Waals surface area contributed by atoms with Crippen molar-refractivity contribution in [2.24, 2.45) is 0 Å². The zero-order valence-corrected chi connectivity index (χ0v) is 8.75. The second-order valence-electron chi connectivity index (χ2n) is 3.38. The van der Waals surface area contributed by atoms with Gasteiger partial charge in [-0.05, 0) is 19.1 Å². The van der Waals surface area contributed by atoms with E-state index in [0.29, 0.717) is 24.7 Å². The third kappa shape index (κ3) is 2.10. The second-order valence-corrected chi connectivity index (χ2v) is 3.38. The van der Waals surface area contributed by atoms with Crippen LogP contribution in [0.2, 0.25) is 0 Å². The smallest absolute Gasteiger partial charge is 0.352 e. The van der Waals surface area contributed by atoms with Gasteiger partial charge in [0.15, 0.2) is 5.82 Å². The Labute approximate surface area is 91.5 Å². The molecule has 0 aromatic carbocycles. The predicted octanol–water partition coefficient (Wildman–Crippen LogP) is 1.12. The Morgan fingerprint density at radius 2 is 2.44 bits per heavy atom. The lowest BCUT2D eigenvalue weighted by Gasteiger charge is -2.03. The number of aryl methyl sites for hydroxylation is 3. The van der Waals surface area contributed by atoms with Crippen LogP contribution in [0.3, 0.4) is 0 Å². The quantitative estimate of drug-likeness (QED) is 0.836. The van der Waals surface area contributed by atoms with E-state index in [9.17, 15) is 4.79 Å². The van der Waals surface area contributed by atoms with Gasteiger partial charge in [-0.1, -0.05) is 5.16 Å². The summed E-state index contributed by atoms with van der Waals surface area (Å²) in [5.41, 5.74) is 0.260. The molecule has 0 bridgehead atoms. The third-order valence-electron chi connectivity index (χ3n) is 2.18. The Morgan fingerprint density at radius 1 is 1.62 bits per heavy atom. The fraction of sp³-hybridized carbons (Fsp3) is 0.300. The summed E-state index contributed by atoms with van der Waals surface area (Å²) < 4.78 is 6.58. The summed E-state index contributed by atoms with van der Waals surface area (Å²) in [6.07, 6.45) is 2.24. The molecule has 0 amide bonds. The van der Waals surface area contributed by atoms with Crippen molar-refractivity contribution in [3.63, 3.8) is 0 Å². The van der Waals surface area contributed by atoms with Gasteiger partial charge in [-0.2, -0.15) is 4.98 Å². The highest BCUT2D eigenvalue weighted by molar-refractivity contribution is 5.85. The van der Waals surface area contributed by atoms with E-state index in [-0.39, 0.29) is 5.69 Å². The van der Waals surface area contributed by atoms with Gasteiger partial charge < -0.3 is 14.2 Å². The number of carbonyl (C=O) groups is 1. The Balaban J connectivity index is 2.04. The minimum absolute atomic E-state index is 0.260. The lowest BCUT2D eigenvalue weighted by atomic mass is 10.4. The summed E-state index contributed by atoms with van der Waals surface area (Å²) in [6, 6.07) is 3.25. The molecule has 2 heterocycles. The minimum Gasteiger partial charge on any atom is -0.477 e. The maximum Gasteiger partial charge on any atom is 0.352 e. The van der Waals surface area contributed by atoms with Gasteiger partial charge in [0.1, 0.15) is 5.69 Å². The number of carboxylic acids is 1. The van der Waals surface area contributed by atoms with E-state index in [1.807, 2.05) is 0 Å². The van der Waals surface area contributed by atoms with E-state index in [2.05, 4.69) is 10.1 Å². The zero-order chi connectivity index (χ0) is 11.5. The van der Waals surface area contributed by atoms with Gasteiger partial charge in [0.25, 0.3) is 0 Å². The molecule has 0 spiro atoms. The molecule has 2 aromatic heterocycles. The van der Waals surface area contributed by atoms with Crippen molar-refractivity contribution in [3.8, 4) is 0 Å². The second kappa shape index (κ2) is 4.18. The molecule has 0 aliphatic rings. The topological polar surface area (TPSA) is 81.2 Å². The summed E-state index contributed by atoms with van der Waals surface area (Å²) in [4.78, 5) is 14.9. The molecule has 6 heteroatoms. The van der Waals surface area contributed by atoms with E-state index >= 15 is 0 Å². The highest BCUT2D eigenvalue weighted by Gasteiger charge is 2.09. The van der Waals surface area contributed by atoms with Crippen LogP contribution in [0.1, 0.15) is 22.2 Å². The van der Waals surface area contributed by atoms with Gasteiger partial charge in [-0.3, -0.25) is 0 Å². The predicted molar refractivity (Wildman–Crippen MR) is 54.1 cm³/mol. The molecular weight excluding hydrogens is 210 g/mol. The van der Waals surface area contributed by atoms with Crippen molar-refractivity contribution < 1.29 is 14.4 Å². The molecule has 0 aliphatic heterocycles. The monoisotopic (exact) mass is 221 g/mol. The first-order valence-electron chi connectivity index (χ1n) is 4.84. The van der Waals surface area contributed by atoms with Crippen molar-refractivity contribution in [2.45, 2.75) is 19.9 Å². The molecule has 16 heavy (non-hydrogen) atoms. The maximum atomic E-state index is 10.8. The number of rotatable bonds is 4.